The van der Waals surface area contributed by atoms with Crippen molar-refractivity contribution in [2.75, 3.05) is 59.7 Å². The van der Waals surface area contributed by atoms with Gasteiger partial charge in [0, 0.05) is 46.4 Å². The molecule has 0 amide bonds. The molecule has 2 heterocycles. The van der Waals surface area contributed by atoms with Crippen LogP contribution in [0.2, 0.25) is 0 Å². The number of halogens is 1. The van der Waals surface area contributed by atoms with Crippen molar-refractivity contribution in [2.24, 2.45) is 10.4 Å². The monoisotopic (exact) mass is 548 g/mol. The molecule has 1 aromatic heterocycles. The molecule has 1 saturated heterocycles. The van der Waals surface area contributed by atoms with Crippen LogP contribution in [0.15, 0.2) is 21.5 Å². The van der Waals surface area contributed by atoms with Gasteiger partial charge in [0.05, 0.1) is 19.3 Å². The van der Waals surface area contributed by atoms with Crippen molar-refractivity contribution < 1.29 is 13.9 Å². The Balaban J connectivity index is 0.00000341. The van der Waals surface area contributed by atoms with Gasteiger partial charge >= 0.3 is 0 Å². The number of morpholine rings is 1. The fourth-order valence-electron chi connectivity index (χ4n) is 4.64. The summed E-state index contributed by atoms with van der Waals surface area (Å²) in [6, 6.07) is 4.31. The van der Waals surface area contributed by atoms with Gasteiger partial charge < -0.3 is 24.5 Å². The van der Waals surface area contributed by atoms with Gasteiger partial charge in [-0.15, -0.1) is 24.0 Å². The molecule has 3 rings (SSSR count). The first kappa shape index (κ1) is 26.4. The molecule has 0 bridgehead atoms. The van der Waals surface area contributed by atoms with Crippen molar-refractivity contribution in [1.82, 2.24) is 15.5 Å². The van der Waals surface area contributed by atoms with Crippen molar-refractivity contribution in [3.63, 3.8) is 0 Å². The fraction of sp³-hybridized carbons (Fsp3) is 0.783. The molecule has 1 atom stereocenters. The second kappa shape index (κ2) is 13.6. The number of hydrogen-bond acceptors (Lipinski definition) is 5. The van der Waals surface area contributed by atoms with E-state index >= 15 is 0 Å². The van der Waals surface area contributed by atoms with Crippen LogP contribution in [-0.2, 0) is 9.47 Å². The van der Waals surface area contributed by atoms with Gasteiger partial charge in [-0.2, -0.15) is 0 Å². The Labute approximate surface area is 204 Å². The molecule has 2 N–H and O–H groups in total. The molecule has 0 aromatic carbocycles. The lowest BCUT2D eigenvalue weighted by molar-refractivity contribution is 0.0124. The van der Waals surface area contributed by atoms with E-state index in [-0.39, 0.29) is 30.0 Å². The zero-order valence-corrected chi connectivity index (χ0v) is 21.8. The molecule has 1 saturated carbocycles. The minimum absolute atomic E-state index is 0. The number of furan rings is 1. The summed E-state index contributed by atoms with van der Waals surface area (Å²) in [6.45, 7) is 10.8. The Hall–Kier alpha value is -0.840. The van der Waals surface area contributed by atoms with Crippen LogP contribution >= 0.6 is 24.0 Å². The fourth-order valence-corrected chi connectivity index (χ4v) is 4.64. The van der Waals surface area contributed by atoms with Crippen LogP contribution in [0.5, 0.6) is 0 Å². The van der Waals surface area contributed by atoms with Gasteiger partial charge in [0.15, 0.2) is 5.96 Å². The summed E-state index contributed by atoms with van der Waals surface area (Å²) in [4.78, 5) is 7.44. The van der Waals surface area contributed by atoms with Crippen molar-refractivity contribution in [3.8, 4) is 0 Å². The summed E-state index contributed by atoms with van der Waals surface area (Å²) in [5, 5.41) is 7.02. The smallest absolute Gasteiger partial charge is 0.191 e. The standard InChI is InChI=1S/C23H40N4O3.HI/c1-4-24-22(26-18-23(11-14-28-3)9-5-6-10-23)25-17-20(21-8-7-19(2)30-21)27-12-15-29-16-13-27;/h7-8,20H,4-6,9-18H2,1-3H3,(H2,24,25,26);1H. The minimum atomic E-state index is 0. The number of hydrogen-bond donors (Lipinski definition) is 2. The van der Waals surface area contributed by atoms with Gasteiger partial charge in [-0.3, -0.25) is 9.89 Å². The van der Waals surface area contributed by atoms with E-state index in [1.807, 2.05) is 13.0 Å². The predicted octanol–water partition coefficient (Wildman–Crippen LogP) is 3.73. The molecule has 1 aliphatic carbocycles. The summed E-state index contributed by atoms with van der Waals surface area (Å²) in [5.41, 5.74) is 0.292. The van der Waals surface area contributed by atoms with Crippen LogP contribution in [0.4, 0.5) is 0 Å². The number of aliphatic imine (C=N–C) groups is 1. The molecule has 1 aliphatic heterocycles. The highest BCUT2D eigenvalue weighted by Crippen LogP contribution is 2.41. The lowest BCUT2D eigenvalue weighted by Gasteiger charge is -2.34. The Morgan fingerprint density at radius 3 is 2.58 bits per heavy atom. The van der Waals surface area contributed by atoms with E-state index in [9.17, 15) is 0 Å². The third-order valence-electron chi connectivity index (χ3n) is 6.46. The quantitative estimate of drug-likeness (QED) is 0.264. The van der Waals surface area contributed by atoms with Gasteiger partial charge in [0.1, 0.15) is 11.5 Å². The van der Waals surface area contributed by atoms with Crippen LogP contribution in [0.25, 0.3) is 0 Å². The number of aryl methyl sites for hydroxylation is 1. The molecule has 2 fully saturated rings. The molecule has 178 valence electrons. The van der Waals surface area contributed by atoms with Crippen LogP contribution in [-0.4, -0.2) is 70.5 Å². The summed E-state index contributed by atoms with van der Waals surface area (Å²) >= 11 is 0. The van der Waals surface area contributed by atoms with E-state index < -0.39 is 0 Å². The van der Waals surface area contributed by atoms with Crippen molar-refractivity contribution in [1.29, 1.82) is 0 Å². The Kier molecular flexibility index (Phi) is 11.6. The molecule has 1 aromatic rings. The maximum Gasteiger partial charge on any atom is 0.191 e. The summed E-state index contributed by atoms with van der Waals surface area (Å²) < 4.78 is 16.9. The van der Waals surface area contributed by atoms with E-state index in [2.05, 4.69) is 28.5 Å². The Bertz CT molecular complexity index is 655. The van der Waals surface area contributed by atoms with Gasteiger partial charge in [-0.25, -0.2) is 0 Å². The molecule has 7 nitrogen and oxygen atoms in total. The summed E-state index contributed by atoms with van der Waals surface area (Å²) in [6.07, 6.45) is 6.21. The summed E-state index contributed by atoms with van der Waals surface area (Å²) in [5.74, 6) is 2.85. The maximum absolute atomic E-state index is 6.00. The van der Waals surface area contributed by atoms with Gasteiger partial charge in [-0.05, 0) is 50.7 Å². The summed E-state index contributed by atoms with van der Waals surface area (Å²) in [7, 11) is 1.79. The van der Waals surface area contributed by atoms with Crippen LogP contribution < -0.4 is 10.6 Å². The minimum Gasteiger partial charge on any atom is -0.465 e. The zero-order valence-electron chi connectivity index (χ0n) is 19.5. The maximum atomic E-state index is 6.00. The molecule has 31 heavy (non-hydrogen) atoms. The SMILES string of the molecule is CCNC(=NCC1(CCOC)CCCC1)NCC(c1ccc(C)o1)N1CCOCC1.I. The molecule has 0 spiro atoms. The topological polar surface area (TPSA) is 71.3 Å². The molecular weight excluding hydrogens is 507 g/mol. The average Bonchev–Trinajstić information content (AvgIpc) is 3.41. The molecule has 0 radical (unpaired) electrons. The van der Waals surface area contributed by atoms with E-state index in [1.165, 1.54) is 25.7 Å². The Morgan fingerprint density at radius 2 is 1.97 bits per heavy atom. The highest BCUT2D eigenvalue weighted by Gasteiger charge is 2.33. The number of guanidine groups is 1. The van der Waals surface area contributed by atoms with Gasteiger partial charge in [-0.1, -0.05) is 12.8 Å². The third kappa shape index (κ3) is 7.91. The van der Waals surface area contributed by atoms with Crippen LogP contribution in [0.3, 0.4) is 0 Å². The molecule has 2 aliphatic rings. The van der Waals surface area contributed by atoms with Gasteiger partial charge in [0.2, 0.25) is 0 Å². The van der Waals surface area contributed by atoms with Crippen molar-refractivity contribution in [3.05, 3.63) is 23.7 Å². The van der Waals surface area contributed by atoms with Crippen molar-refractivity contribution >= 4 is 29.9 Å². The molecule has 8 heteroatoms. The van der Waals surface area contributed by atoms with E-state index in [1.54, 1.807) is 7.11 Å². The number of nitrogens with one attached hydrogen (secondary N) is 2. The highest BCUT2D eigenvalue weighted by atomic mass is 127. The normalized spacial score (nSPS) is 20.3. The van der Waals surface area contributed by atoms with E-state index in [0.717, 1.165) is 76.4 Å². The molecular formula is C23H41IN4O3. The molecule has 1 unspecified atom stereocenters. The number of ether oxygens (including phenoxy) is 2. The zero-order chi connectivity index (χ0) is 21.2. The average molecular weight is 549 g/mol. The third-order valence-corrected chi connectivity index (χ3v) is 6.46. The first-order valence-electron chi connectivity index (χ1n) is 11.5. The lowest BCUT2D eigenvalue weighted by atomic mass is 9.83. The largest absolute Gasteiger partial charge is 0.465 e. The first-order valence-corrected chi connectivity index (χ1v) is 11.5. The number of nitrogens with zero attached hydrogens (tertiary/aromatic N) is 2. The number of methoxy groups -OCH3 is 1. The van der Waals surface area contributed by atoms with Crippen LogP contribution in [0, 0.1) is 12.3 Å². The second-order valence-corrected chi connectivity index (χ2v) is 8.64. The van der Waals surface area contributed by atoms with Crippen molar-refractivity contribution in [2.45, 2.75) is 52.0 Å². The van der Waals surface area contributed by atoms with E-state index in [4.69, 9.17) is 18.9 Å². The lowest BCUT2D eigenvalue weighted by Crippen LogP contribution is -2.46. The predicted molar refractivity (Wildman–Crippen MR) is 135 cm³/mol. The first-order chi connectivity index (χ1) is 14.7. The highest BCUT2D eigenvalue weighted by molar-refractivity contribution is 14.0. The van der Waals surface area contributed by atoms with E-state index in [0.29, 0.717) is 5.41 Å². The second-order valence-electron chi connectivity index (χ2n) is 8.64. The van der Waals surface area contributed by atoms with Gasteiger partial charge in [0.25, 0.3) is 0 Å². The Morgan fingerprint density at radius 1 is 1.23 bits per heavy atom. The van der Waals surface area contributed by atoms with Crippen LogP contribution in [0.1, 0.15) is 56.6 Å². The number of rotatable bonds is 10.